The van der Waals surface area contributed by atoms with Crippen LogP contribution in [0, 0.1) is 0 Å². The normalized spacial score (nSPS) is 12.6. The van der Waals surface area contributed by atoms with Crippen molar-refractivity contribution in [1.29, 1.82) is 0 Å². The fourth-order valence-corrected chi connectivity index (χ4v) is 2.50. The molecule has 5 N–H and O–H groups in total. The average Bonchev–Trinajstić information content (AvgIpc) is 2.37. The lowest BCUT2D eigenvalue weighted by Gasteiger charge is -2.28. The summed E-state index contributed by atoms with van der Waals surface area (Å²) in [5.74, 6) is 0. The number of aliphatic hydroxyl groups excluding tert-OH is 3. The van der Waals surface area contributed by atoms with Crippen LogP contribution in [0.1, 0.15) is 0 Å². The minimum atomic E-state index is -4.07. The smallest absolute Gasteiger partial charge is 0.247 e. The van der Waals surface area contributed by atoms with E-state index >= 15 is 0 Å². The molecule has 0 aliphatic carbocycles. The number of aliphatic hydroxyl groups is 3. The molecule has 0 atom stereocenters. The maximum Gasteiger partial charge on any atom is 0.247 e. The van der Waals surface area contributed by atoms with Gasteiger partial charge >= 0.3 is 0 Å². The van der Waals surface area contributed by atoms with Crippen LogP contribution in [0.5, 0.6) is 0 Å². The van der Waals surface area contributed by atoms with E-state index in [1.807, 2.05) is 4.72 Å². The minimum absolute atomic E-state index is 0.248. The maximum atomic E-state index is 11.9. The van der Waals surface area contributed by atoms with Gasteiger partial charge in [0.05, 0.1) is 24.7 Å². The Labute approximate surface area is 103 Å². The third kappa shape index (κ3) is 3.15. The molecule has 18 heavy (non-hydrogen) atoms. The molecule has 1 rings (SSSR count). The van der Waals surface area contributed by atoms with Crippen LogP contribution in [0.25, 0.3) is 0 Å². The molecule has 0 saturated carbocycles. The summed E-state index contributed by atoms with van der Waals surface area (Å²) in [7, 11) is -4.07. The lowest BCUT2D eigenvalue weighted by atomic mass is 10.1. The first kappa shape index (κ1) is 14.8. The molecule has 0 saturated heterocycles. The summed E-state index contributed by atoms with van der Waals surface area (Å²) in [6.07, 6.45) is 0.974. The summed E-state index contributed by atoms with van der Waals surface area (Å²) in [4.78, 5) is 12.7. The molecule has 0 radical (unpaired) electrons. The summed E-state index contributed by atoms with van der Waals surface area (Å²) in [5.41, 5.74) is -2.22. The van der Waals surface area contributed by atoms with Crippen molar-refractivity contribution in [3.63, 3.8) is 0 Å². The highest BCUT2D eigenvalue weighted by atomic mass is 32.2. The van der Waals surface area contributed by atoms with Gasteiger partial charge in [0.2, 0.25) is 15.6 Å². The van der Waals surface area contributed by atoms with E-state index in [9.17, 15) is 13.2 Å². The van der Waals surface area contributed by atoms with E-state index in [1.165, 1.54) is 0 Å². The van der Waals surface area contributed by atoms with Gasteiger partial charge in [-0.3, -0.25) is 4.79 Å². The number of nitrogens with one attached hydrogen (secondary N) is 2. The third-order valence-corrected chi connectivity index (χ3v) is 3.90. The number of pyridine rings is 1. The Balaban J connectivity index is 3.08. The van der Waals surface area contributed by atoms with Crippen LogP contribution in [0.2, 0.25) is 0 Å². The van der Waals surface area contributed by atoms with Crippen molar-refractivity contribution in [2.75, 3.05) is 19.8 Å². The van der Waals surface area contributed by atoms with Crippen LogP contribution in [0.15, 0.2) is 28.0 Å². The van der Waals surface area contributed by atoms with Crippen molar-refractivity contribution in [3.05, 3.63) is 28.7 Å². The van der Waals surface area contributed by atoms with Gasteiger partial charge < -0.3 is 20.3 Å². The largest absolute Gasteiger partial charge is 0.394 e. The Kier molecular flexibility index (Phi) is 4.59. The Morgan fingerprint density at radius 1 is 1.17 bits per heavy atom. The second-order valence-corrected chi connectivity index (χ2v) is 5.43. The molecule has 102 valence electrons. The number of rotatable bonds is 6. The molecule has 0 unspecified atom stereocenters. The van der Waals surface area contributed by atoms with Crippen molar-refractivity contribution in [2.24, 2.45) is 0 Å². The molecular weight excluding hydrogens is 264 g/mol. The average molecular weight is 278 g/mol. The topological polar surface area (TPSA) is 140 Å². The molecule has 0 spiro atoms. The minimum Gasteiger partial charge on any atom is -0.394 e. The quantitative estimate of drug-likeness (QED) is 0.385. The fourth-order valence-electron chi connectivity index (χ4n) is 1.15. The van der Waals surface area contributed by atoms with Gasteiger partial charge in [-0.15, -0.1) is 0 Å². The zero-order chi connectivity index (χ0) is 13.8. The monoisotopic (exact) mass is 278 g/mol. The Morgan fingerprint density at radius 2 is 1.72 bits per heavy atom. The highest BCUT2D eigenvalue weighted by Crippen LogP contribution is 2.11. The third-order valence-electron chi connectivity index (χ3n) is 2.32. The SMILES string of the molecule is O=c1ccc(S(=O)(=O)NC(CO)(CO)CO)c[nH]1. The molecule has 0 aliphatic rings. The van der Waals surface area contributed by atoms with Crippen LogP contribution in [-0.2, 0) is 10.0 Å². The Bertz CT molecular complexity index is 520. The molecule has 9 heteroatoms. The summed E-state index contributed by atoms with van der Waals surface area (Å²) in [6.45, 7) is -2.33. The summed E-state index contributed by atoms with van der Waals surface area (Å²) >= 11 is 0. The van der Waals surface area contributed by atoms with Gasteiger partial charge in [-0.05, 0) is 6.07 Å². The number of H-pyrrole nitrogens is 1. The number of hydrogen-bond acceptors (Lipinski definition) is 6. The molecular formula is C9H14N2O6S. The van der Waals surface area contributed by atoms with Gasteiger partial charge in [-0.25, -0.2) is 8.42 Å². The van der Waals surface area contributed by atoms with Gasteiger partial charge in [-0.2, -0.15) is 4.72 Å². The zero-order valence-electron chi connectivity index (χ0n) is 9.33. The van der Waals surface area contributed by atoms with Crippen molar-refractivity contribution in [3.8, 4) is 0 Å². The first-order chi connectivity index (χ1) is 8.39. The molecule has 0 amide bonds. The lowest BCUT2D eigenvalue weighted by molar-refractivity contribution is 0.0582. The van der Waals surface area contributed by atoms with Crippen LogP contribution < -0.4 is 10.3 Å². The van der Waals surface area contributed by atoms with E-state index in [2.05, 4.69) is 4.98 Å². The second-order valence-electron chi connectivity index (χ2n) is 3.75. The molecule has 0 aliphatic heterocycles. The molecule has 8 nitrogen and oxygen atoms in total. The number of aromatic nitrogens is 1. The van der Waals surface area contributed by atoms with Crippen LogP contribution in [0.4, 0.5) is 0 Å². The van der Waals surface area contributed by atoms with E-state index in [0.717, 1.165) is 18.3 Å². The van der Waals surface area contributed by atoms with E-state index in [4.69, 9.17) is 15.3 Å². The van der Waals surface area contributed by atoms with Gasteiger partial charge in [-0.1, -0.05) is 0 Å². The van der Waals surface area contributed by atoms with E-state index < -0.39 is 40.9 Å². The van der Waals surface area contributed by atoms with Gasteiger partial charge in [0.15, 0.2) is 0 Å². The van der Waals surface area contributed by atoms with Crippen molar-refractivity contribution in [1.82, 2.24) is 9.71 Å². The number of hydrogen-bond donors (Lipinski definition) is 5. The molecule has 0 bridgehead atoms. The van der Waals surface area contributed by atoms with Crippen molar-refractivity contribution in [2.45, 2.75) is 10.4 Å². The number of aromatic amines is 1. The van der Waals surface area contributed by atoms with Crippen molar-refractivity contribution >= 4 is 10.0 Å². The van der Waals surface area contributed by atoms with Crippen LogP contribution >= 0.6 is 0 Å². The first-order valence-corrected chi connectivity index (χ1v) is 6.43. The second kappa shape index (κ2) is 5.59. The van der Waals surface area contributed by atoms with Crippen molar-refractivity contribution < 1.29 is 23.7 Å². The summed E-state index contributed by atoms with van der Waals surface area (Å²) < 4.78 is 25.7. The lowest BCUT2D eigenvalue weighted by Crippen LogP contribution is -2.56. The van der Waals surface area contributed by atoms with Gasteiger partial charge in [0.1, 0.15) is 5.54 Å². The van der Waals surface area contributed by atoms with E-state index in [0.29, 0.717) is 0 Å². The zero-order valence-corrected chi connectivity index (χ0v) is 10.1. The molecule has 0 fully saturated rings. The number of sulfonamides is 1. The summed E-state index contributed by atoms with van der Waals surface area (Å²) in [5, 5.41) is 27.1. The Morgan fingerprint density at radius 3 is 2.11 bits per heavy atom. The molecule has 0 aromatic carbocycles. The predicted octanol–water partition coefficient (Wildman–Crippen LogP) is -2.63. The van der Waals surface area contributed by atoms with Gasteiger partial charge in [0.25, 0.3) is 0 Å². The maximum absolute atomic E-state index is 11.9. The highest BCUT2D eigenvalue weighted by Gasteiger charge is 2.33. The highest BCUT2D eigenvalue weighted by molar-refractivity contribution is 7.89. The predicted molar refractivity (Wildman–Crippen MR) is 61.4 cm³/mol. The molecule has 1 aromatic heterocycles. The standard InChI is InChI=1S/C9H14N2O6S/c12-4-9(5-13,6-14)11-18(16,17)7-1-2-8(15)10-3-7/h1-3,11-14H,4-6H2,(H,10,15). The first-order valence-electron chi connectivity index (χ1n) is 4.94. The van der Waals surface area contributed by atoms with E-state index in [-0.39, 0.29) is 4.90 Å². The van der Waals surface area contributed by atoms with Crippen LogP contribution in [0.3, 0.4) is 0 Å². The molecule has 1 heterocycles. The Hall–Kier alpha value is -1.26. The fraction of sp³-hybridized carbons (Fsp3) is 0.444. The van der Waals surface area contributed by atoms with Gasteiger partial charge in [0, 0.05) is 12.3 Å². The molecule has 1 aromatic rings. The van der Waals surface area contributed by atoms with E-state index in [1.54, 1.807) is 0 Å². The van der Waals surface area contributed by atoms with Crippen LogP contribution in [-0.4, -0.2) is 54.1 Å². The summed E-state index contributed by atoms with van der Waals surface area (Å²) in [6, 6.07) is 2.09.